The van der Waals surface area contributed by atoms with Gasteiger partial charge in [-0.3, -0.25) is 9.59 Å². The first-order valence-corrected chi connectivity index (χ1v) is 7.31. The van der Waals surface area contributed by atoms with Crippen molar-refractivity contribution in [3.8, 4) is 0 Å². The normalized spacial score (nSPS) is 16.9. The highest BCUT2D eigenvalue weighted by atomic mass is 19.1. The largest absolute Gasteiger partial charge is 0.483 e. The van der Waals surface area contributed by atoms with Crippen LogP contribution in [0.25, 0.3) is 0 Å². The highest BCUT2D eigenvalue weighted by molar-refractivity contribution is 5.78. The zero-order valence-corrected chi connectivity index (χ0v) is 13.3. The van der Waals surface area contributed by atoms with E-state index >= 15 is 0 Å². The van der Waals surface area contributed by atoms with Gasteiger partial charge in [0.05, 0.1) is 6.54 Å². The molecule has 1 N–H and O–H groups in total. The van der Waals surface area contributed by atoms with Crippen LogP contribution in [0.2, 0.25) is 0 Å². The average Bonchev–Trinajstić information content (AvgIpc) is 2.86. The van der Waals surface area contributed by atoms with E-state index in [1.54, 1.807) is 0 Å². The van der Waals surface area contributed by atoms with Crippen LogP contribution in [-0.4, -0.2) is 61.0 Å². The fourth-order valence-electron chi connectivity index (χ4n) is 2.66. The molecular formula is C16H22F2N2O3. The van der Waals surface area contributed by atoms with E-state index in [-0.39, 0.29) is 18.3 Å². The van der Waals surface area contributed by atoms with Gasteiger partial charge in [-0.15, -0.1) is 0 Å². The fourth-order valence-corrected chi connectivity index (χ4v) is 2.66. The zero-order chi connectivity index (χ0) is 17.4. The summed E-state index contributed by atoms with van der Waals surface area (Å²) >= 11 is 0. The van der Waals surface area contributed by atoms with E-state index in [0.29, 0.717) is 25.1 Å². The highest BCUT2D eigenvalue weighted by Gasteiger charge is 2.26. The SMILES string of the molecule is CN(C)CC(=O)N1CCC(Cc2cc(F)cc(F)c2)C1.O=CO. The molecule has 23 heavy (non-hydrogen) atoms. The van der Waals surface area contributed by atoms with Crippen molar-refractivity contribution in [3.63, 3.8) is 0 Å². The summed E-state index contributed by atoms with van der Waals surface area (Å²) in [5.74, 6) is -0.692. The molecule has 1 heterocycles. The van der Waals surface area contributed by atoms with Crippen molar-refractivity contribution in [2.24, 2.45) is 5.92 Å². The number of likely N-dealkylation sites (N-methyl/N-ethyl adjacent to an activating group) is 1. The van der Waals surface area contributed by atoms with Crippen LogP contribution >= 0.6 is 0 Å². The molecule has 1 saturated heterocycles. The second kappa shape index (κ2) is 9.19. The van der Waals surface area contributed by atoms with E-state index in [1.807, 2.05) is 23.9 Å². The topological polar surface area (TPSA) is 60.9 Å². The van der Waals surface area contributed by atoms with E-state index < -0.39 is 11.6 Å². The molecule has 0 spiro atoms. The molecule has 0 aromatic heterocycles. The minimum Gasteiger partial charge on any atom is -0.483 e. The van der Waals surface area contributed by atoms with Crippen LogP contribution in [0.1, 0.15) is 12.0 Å². The lowest BCUT2D eigenvalue weighted by molar-refractivity contribution is -0.131. The molecule has 1 amide bonds. The van der Waals surface area contributed by atoms with Crippen LogP contribution in [-0.2, 0) is 16.0 Å². The van der Waals surface area contributed by atoms with Gasteiger partial charge in [0.25, 0.3) is 6.47 Å². The summed E-state index contributed by atoms with van der Waals surface area (Å²) in [6.45, 7) is 1.56. The fraction of sp³-hybridized carbons (Fsp3) is 0.500. The predicted molar refractivity (Wildman–Crippen MR) is 82.0 cm³/mol. The van der Waals surface area contributed by atoms with Crippen molar-refractivity contribution in [1.29, 1.82) is 0 Å². The van der Waals surface area contributed by atoms with Gasteiger partial charge in [0, 0.05) is 19.2 Å². The second-order valence-electron chi connectivity index (χ2n) is 5.82. The van der Waals surface area contributed by atoms with Gasteiger partial charge in [-0.05, 0) is 50.6 Å². The molecule has 128 valence electrons. The highest BCUT2D eigenvalue weighted by Crippen LogP contribution is 2.22. The van der Waals surface area contributed by atoms with Crippen LogP contribution < -0.4 is 0 Å². The molecule has 5 nitrogen and oxygen atoms in total. The van der Waals surface area contributed by atoms with Crippen LogP contribution in [0.15, 0.2) is 18.2 Å². The maximum atomic E-state index is 13.1. The van der Waals surface area contributed by atoms with Crippen molar-refractivity contribution < 1.29 is 23.5 Å². The van der Waals surface area contributed by atoms with Crippen LogP contribution in [0, 0.1) is 17.6 Å². The molecule has 1 unspecified atom stereocenters. The predicted octanol–water partition coefficient (Wildman–Crippen LogP) is 1.62. The van der Waals surface area contributed by atoms with Gasteiger partial charge < -0.3 is 14.9 Å². The van der Waals surface area contributed by atoms with E-state index in [1.165, 1.54) is 12.1 Å². The summed E-state index contributed by atoms with van der Waals surface area (Å²) in [6.07, 6.45) is 1.50. The Labute approximate surface area is 134 Å². The van der Waals surface area contributed by atoms with Gasteiger partial charge in [-0.2, -0.15) is 0 Å². The molecule has 1 fully saturated rings. The molecule has 0 radical (unpaired) electrons. The molecule has 2 rings (SSSR count). The lowest BCUT2D eigenvalue weighted by atomic mass is 9.98. The van der Waals surface area contributed by atoms with Crippen molar-refractivity contribution in [3.05, 3.63) is 35.4 Å². The first kappa shape index (κ1) is 19.0. The Morgan fingerprint density at radius 3 is 2.43 bits per heavy atom. The van der Waals surface area contributed by atoms with Crippen molar-refractivity contribution in [2.75, 3.05) is 33.7 Å². The summed E-state index contributed by atoms with van der Waals surface area (Å²) in [4.78, 5) is 24.0. The Kier molecular flexibility index (Phi) is 7.61. The average molecular weight is 328 g/mol. The van der Waals surface area contributed by atoms with Crippen LogP contribution in [0.5, 0.6) is 0 Å². The maximum Gasteiger partial charge on any atom is 0.290 e. The molecule has 0 saturated carbocycles. The first-order valence-electron chi connectivity index (χ1n) is 7.31. The van der Waals surface area contributed by atoms with E-state index in [0.717, 1.165) is 19.0 Å². The number of amides is 1. The Balaban J connectivity index is 0.000000816. The zero-order valence-electron chi connectivity index (χ0n) is 13.3. The Hall–Kier alpha value is -2.02. The lowest BCUT2D eigenvalue weighted by Crippen LogP contribution is -2.36. The van der Waals surface area contributed by atoms with Crippen molar-refractivity contribution in [2.45, 2.75) is 12.8 Å². The number of carboxylic acid groups (broad SMARTS) is 1. The molecule has 1 atom stereocenters. The van der Waals surface area contributed by atoms with E-state index in [9.17, 15) is 13.6 Å². The quantitative estimate of drug-likeness (QED) is 0.853. The van der Waals surface area contributed by atoms with Crippen LogP contribution in [0.4, 0.5) is 8.78 Å². The molecule has 1 aromatic carbocycles. The third-order valence-electron chi connectivity index (χ3n) is 3.54. The smallest absolute Gasteiger partial charge is 0.290 e. The number of nitrogens with zero attached hydrogens (tertiary/aromatic N) is 2. The van der Waals surface area contributed by atoms with Gasteiger partial charge in [0.15, 0.2) is 0 Å². The maximum absolute atomic E-state index is 13.1. The third kappa shape index (κ3) is 6.73. The van der Waals surface area contributed by atoms with E-state index in [2.05, 4.69) is 0 Å². The Bertz CT molecular complexity index is 518. The van der Waals surface area contributed by atoms with Gasteiger partial charge in [-0.1, -0.05) is 0 Å². The lowest BCUT2D eigenvalue weighted by Gasteiger charge is -2.19. The number of likely N-dealkylation sites (tertiary alicyclic amines) is 1. The number of rotatable bonds is 4. The van der Waals surface area contributed by atoms with Crippen molar-refractivity contribution in [1.82, 2.24) is 9.80 Å². The molecular weight excluding hydrogens is 306 g/mol. The summed E-state index contributed by atoms with van der Waals surface area (Å²) in [7, 11) is 3.72. The minimum atomic E-state index is -0.543. The van der Waals surface area contributed by atoms with Gasteiger partial charge in [0.1, 0.15) is 11.6 Å². The molecule has 1 aliphatic heterocycles. The van der Waals surface area contributed by atoms with Crippen molar-refractivity contribution >= 4 is 12.4 Å². The number of carbonyl (C=O) groups excluding carboxylic acids is 1. The summed E-state index contributed by atoms with van der Waals surface area (Å²) in [6, 6.07) is 3.62. The molecule has 1 aromatic rings. The molecule has 0 bridgehead atoms. The third-order valence-corrected chi connectivity index (χ3v) is 3.54. The van der Waals surface area contributed by atoms with Gasteiger partial charge >= 0.3 is 0 Å². The number of carbonyl (C=O) groups is 2. The monoisotopic (exact) mass is 328 g/mol. The minimum absolute atomic E-state index is 0.114. The van der Waals surface area contributed by atoms with E-state index in [4.69, 9.17) is 9.90 Å². The molecule has 7 heteroatoms. The van der Waals surface area contributed by atoms with Gasteiger partial charge in [-0.25, -0.2) is 8.78 Å². The summed E-state index contributed by atoms with van der Waals surface area (Å²) < 4.78 is 26.3. The second-order valence-corrected chi connectivity index (χ2v) is 5.82. The number of halogens is 2. The standard InChI is InChI=1S/C15H20F2N2O.CH2O2/c1-18(2)10-15(20)19-4-3-11(9-19)5-12-6-13(16)8-14(17)7-12;2-1-3/h6-8,11H,3-5,9-10H2,1-2H3;1H,(H,2,3). The summed E-state index contributed by atoms with van der Waals surface area (Å²) in [5.41, 5.74) is 0.661. The van der Waals surface area contributed by atoms with Crippen LogP contribution in [0.3, 0.4) is 0 Å². The number of hydrogen-bond donors (Lipinski definition) is 1. The number of hydrogen-bond acceptors (Lipinski definition) is 3. The Morgan fingerprint density at radius 1 is 1.35 bits per heavy atom. The molecule has 0 aliphatic carbocycles. The summed E-state index contributed by atoms with van der Waals surface area (Å²) in [5, 5.41) is 6.89. The first-order chi connectivity index (χ1) is 10.8. The molecule has 1 aliphatic rings. The number of benzene rings is 1. The van der Waals surface area contributed by atoms with Gasteiger partial charge in [0.2, 0.25) is 5.91 Å². The Morgan fingerprint density at radius 2 is 1.91 bits per heavy atom.